The molecule has 4 N–H and O–H groups in total. The van der Waals surface area contributed by atoms with Crippen molar-refractivity contribution >= 4 is 17.8 Å². The van der Waals surface area contributed by atoms with E-state index in [1.54, 1.807) is 11.8 Å². The molecule has 0 aliphatic rings. The van der Waals surface area contributed by atoms with Crippen molar-refractivity contribution in [3.05, 3.63) is 0 Å². The van der Waals surface area contributed by atoms with Gasteiger partial charge in [0.25, 0.3) is 0 Å². The SMILES string of the molecule is CCCCCCCCCCCC(=O)N(CC)C(CCCN=C(N)N)C(=O)OCC. The summed E-state index contributed by atoms with van der Waals surface area (Å²) < 4.78 is 5.19. The van der Waals surface area contributed by atoms with Crippen molar-refractivity contribution in [1.29, 1.82) is 0 Å². The van der Waals surface area contributed by atoms with Crippen LogP contribution in [0.25, 0.3) is 0 Å². The van der Waals surface area contributed by atoms with Crippen LogP contribution in [0.1, 0.15) is 97.8 Å². The number of esters is 1. The average molecular weight is 413 g/mol. The molecule has 0 radical (unpaired) electrons. The summed E-state index contributed by atoms with van der Waals surface area (Å²) in [6.45, 7) is 7.12. The number of guanidine groups is 1. The second-order valence-corrected chi connectivity index (χ2v) is 7.47. The highest BCUT2D eigenvalue weighted by molar-refractivity contribution is 5.84. The molecule has 0 aromatic carbocycles. The number of carbonyl (C=O) groups excluding carboxylic acids is 2. The molecule has 0 bridgehead atoms. The van der Waals surface area contributed by atoms with Gasteiger partial charge in [0, 0.05) is 19.5 Å². The van der Waals surface area contributed by atoms with E-state index in [4.69, 9.17) is 16.2 Å². The Hall–Kier alpha value is -1.79. The van der Waals surface area contributed by atoms with Crippen molar-refractivity contribution in [3.8, 4) is 0 Å². The van der Waals surface area contributed by atoms with Gasteiger partial charge in [0.2, 0.25) is 5.91 Å². The molecular weight excluding hydrogens is 368 g/mol. The largest absolute Gasteiger partial charge is 0.464 e. The van der Waals surface area contributed by atoms with Crippen LogP contribution in [0.2, 0.25) is 0 Å². The first-order valence-corrected chi connectivity index (χ1v) is 11.5. The van der Waals surface area contributed by atoms with E-state index in [1.165, 1.54) is 44.9 Å². The summed E-state index contributed by atoms with van der Waals surface area (Å²) in [5.74, 6) is -0.290. The van der Waals surface area contributed by atoms with Gasteiger partial charge in [0.15, 0.2) is 5.96 Å². The van der Waals surface area contributed by atoms with E-state index in [2.05, 4.69) is 11.9 Å². The fraction of sp³-hybridized carbons (Fsp3) is 0.864. The maximum Gasteiger partial charge on any atom is 0.328 e. The van der Waals surface area contributed by atoms with Gasteiger partial charge in [0.1, 0.15) is 6.04 Å². The van der Waals surface area contributed by atoms with Gasteiger partial charge in [-0.2, -0.15) is 0 Å². The smallest absolute Gasteiger partial charge is 0.328 e. The second kappa shape index (κ2) is 18.3. The summed E-state index contributed by atoms with van der Waals surface area (Å²) in [7, 11) is 0. The van der Waals surface area contributed by atoms with Crippen LogP contribution in [-0.4, -0.2) is 48.5 Å². The normalized spacial score (nSPS) is 11.7. The zero-order valence-electron chi connectivity index (χ0n) is 19.0. The standard InChI is InChI=1S/C22H44N4O3/c1-4-7-8-9-10-11-12-13-14-17-20(27)26(5-2)19(21(28)29-6-3)16-15-18-25-22(23)24/h19H,4-18H2,1-3H3,(H4,23,24,25). The molecule has 0 aliphatic heterocycles. The maximum absolute atomic E-state index is 12.7. The summed E-state index contributed by atoms with van der Waals surface area (Å²) >= 11 is 0. The van der Waals surface area contributed by atoms with Crippen molar-refractivity contribution in [2.24, 2.45) is 16.5 Å². The summed E-state index contributed by atoms with van der Waals surface area (Å²) in [4.78, 5) is 30.7. The number of aliphatic imine (C=N–C) groups is 1. The molecule has 0 rings (SSSR count). The summed E-state index contributed by atoms with van der Waals surface area (Å²) in [6, 6.07) is -0.569. The molecule has 0 saturated carbocycles. The average Bonchev–Trinajstić information content (AvgIpc) is 2.68. The molecule has 29 heavy (non-hydrogen) atoms. The van der Waals surface area contributed by atoms with Crippen molar-refractivity contribution in [2.45, 2.75) is 104 Å². The van der Waals surface area contributed by atoms with Gasteiger partial charge in [0.05, 0.1) is 6.61 Å². The van der Waals surface area contributed by atoms with Gasteiger partial charge in [-0.1, -0.05) is 58.3 Å². The Balaban J connectivity index is 4.41. The lowest BCUT2D eigenvalue weighted by atomic mass is 10.1. The first-order chi connectivity index (χ1) is 14.0. The Morgan fingerprint density at radius 2 is 1.48 bits per heavy atom. The van der Waals surface area contributed by atoms with Crippen LogP contribution in [0.5, 0.6) is 0 Å². The van der Waals surface area contributed by atoms with Crippen LogP contribution >= 0.6 is 0 Å². The monoisotopic (exact) mass is 412 g/mol. The quantitative estimate of drug-likeness (QED) is 0.154. The molecule has 7 heteroatoms. The number of ether oxygens (including phenoxy) is 1. The van der Waals surface area contributed by atoms with E-state index in [0.29, 0.717) is 39.0 Å². The third-order valence-corrected chi connectivity index (χ3v) is 5.02. The van der Waals surface area contributed by atoms with E-state index in [9.17, 15) is 9.59 Å². The van der Waals surface area contributed by atoms with Crippen LogP contribution < -0.4 is 11.5 Å². The van der Waals surface area contributed by atoms with Gasteiger partial charge in [-0.25, -0.2) is 4.79 Å². The molecular formula is C22H44N4O3. The number of unbranched alkanes of at least 4 members (excludes halogenated alkanes) is 8. The molecule has 1 amide bonds. The number of nitrogens with two attached hydrogens (primary N) is 2. The van der Waals surface area contributed by atoms with Gasteiger partial charge < -0.3 is 21.1 Å². The predicted molar refractivity (Wildman–Crippen MR) is 120 cm³/mol. The number of carbonyl (C=O) groups is 2. The molecule has 0 aromatic heterocycles. The minimum absolute atomic E-state index is 0.0235. The highest BCUT2D eigenvalue weighted by atomic mass is 16.5. The lowest BCUT2D eigenvalue weighted by molar-refractivity contribution is -0.155. The van der Waals surface area contributed by atoms with Crippen LogP contribution in [0, 0.1) is 0 Å². The Bertz CT molecular complexity index is 465. The molecule has 0 spiro atoms. The topological polar surface area (TPSA) is 111 Å². The van der Waals surface area contributed by atoms with Gasteiger partial charge in [-0.3, -0.25) is 9.79 Å². The van der Waals surface area contributed by atoms with Crippen molar-refractivity contribution in [3.63, 3.8) is 0 Å². The Kier molecular flexibility index (Phi) is 17.1. The zero-order chi connectivity index (χ0) is 21.9. The molecule has 1 atom stereocenters. The third-order valence-electron chi connectivity index (χ3n) is 5.02. The third kappa shape index (κ3) is 13.9. The van der Waals surface area contributed by atoms with Crippen molar-refractivity contribution in [2.75, 3.05) is 19.7 Å². The van der Waals surface area contributed by atoms with Crippen molar-refractivity contribution in [1.82, 2.24) is 4.90 Å². The number of nitrogens with zero attached hydrogens (tertiary/aromatic N) is 2. The van der Waals surface area contributed by atoms with Crippen LogP contribution in [-0.2, 0) is 14.3 Å². The fourth-order valence-electron chi connectivity index (χ4n) is 3.43. The van der Waals surface area contributed by atoms with Crippen LogP contribution in [0.3, 0.4) is 0 Å². The summed E-state index contributed by atoms with van der Waals surface area (Å²) in [5.41, 5.74) is 10.7. The van der Waals surface area contributed by atoms with Crippen molar-refractivity contribution < 1.29 is 14.3 Å². The molecule has 0 fully saturated rings. The lowest BCUT2D eigenvalue weighted by Gasteiger charge is -2.29. The molecule has 0 heterocycles. The van der Waals surface area contributed by atoms with E-state index >= 15 is 0 Å². The number of amides is 1. The number of rotatable bonds is 18. The number of likely N-dealkylation sites (N-methyl/N-ethyl adjacent to an activating group) is 1. The van der Waals surface area contributed by atoms with E-state index in [1.807, 2.05) is 6.92 Å². The number of hydrogen-bond acceptors (Lipinski definition) is 4. The lowest BCUT2D eigenvalue weighted by Crippen LogP contribution is -2.45. The fourth-order valence-corrected chi connectivity index (χ4v) is 3.43. The summed E-state index contributed by atoms with van der Waals surface area (Å²) in [5, 5.41) is 0. The molecule has 1 unspecified atom stereocenters. The summed E-state index contributed by atoms with van der Waals surface area (Å²) in [6.07, 6.45) is 12.5. The first-order valence-electron chi connectivity index (χ1n) is 11.5. The molecule has 0 aliphatic carbocycles. The highest BCUT2D eigenvalue weighted by Crippen LogP contribution is 2.15. The molecule has 7 nitrogen and oxygen atoms in total. The van der Waals surface area contributed by atoms with Gasteiger partial charge in [-0.15, -0.1) is 0 Å². The van der Waals surface area contributed by atoms with Gasteiger partial charge >= 0.3 is 5.97 Å². The minimum atomic E-state index is -0.569. The van der Waals surface area contributed by atoms with E-state index in [0.717, 1.165) is 12.8 Å². The van der Waals surface area contributed by atoms with Gasteiger partial charge in [-0.05, 0) is 33.1 Å². The molecule has 170 valence electrons. The molecule has 0 aromatic rings. The van der Waals surface area contributed by atoms with Crippen LogP contribution in [0.15, 0.2) is 4.99 Å². The predicted octanol–water partition coefficient (Wildman–Crippen LogP) is 3.74. The van der Waals surface area contributed by atoms with E-state index < -0.39 is 6.04 Å². The minimum Gasteiger partial charge on any atom is -0.464 e. The first kappa shape index (κ1) is 27.2. The second-order valence-electron chi connectivity index (χ2n) is 7.47. The zero-order valence-corrected chi connectivity index (χ0v) is 19.0. The molecule has 0 saturated heterocycles. The van der Waals surface area contributed by atoms with Crippen LogP contribution in [0.4, 0.5) is 0 Å². The Morgan fingerprint density at radius 1 is 0.897 bits per heavy atom. The highest BCUT2D eigenvalue weighted by Gasteiger charge is 2.29. The Labute approximate surface area is 177 Å². The maximum atomic E-state index is 12.7. The number of hydrogen-bond donors (Lipinski definition) is 2. The van der Waals surface area contributed by atoms with E-state index in [-0.39, 0.29) is 17.8 Å². The Morgan fingerprint density at radius 3 is 2.00 bits per heavy atom.